The molecule has 0 spiro atoms. The van der Waals surface area contributed by atoms with E-state index in [0.717, 1.165) is 11.1 Å². The lowest BCUT2D eigenvalue weighted by molar-refractivity contribution is 0.178. The van der Waals surface area contributed by atoms with Gasteiger partial charge in [0.1, 0.15) is 5.15 Å². The molecular formula is C15H16ClNO. The molecule has 0 bridgehead atoms. The molecule has 1 aromatic carbocycles. The Morgan fingerprint density at radius 1 is 1.17 bits per heavy atom. The highest BCUT2D eigenvalue weighted by Gasteiger charge is 2.09. The number of nitrogens with zero attached hydrogens (tertiary/aromatic N) is 1. The number of hydrogen-bond donors (Lipinski definition) is 1. The smallest absolute Gasteiger partial charge is 0.129 e. The van der Waals surface area contributed by atoms with E-state index in [1.165, 1.54) is 11.1 Å². The number of halogens is 1. The number of benzene rings is 1. The van der Waals surface area contributed by atoms with E-state index in [1.54, 1.807) is 18.3 Å². The summed E-state index contributed by atoms with van der Waals surface area (Å²) in [6.45, 7) is 4.16. The Labute approximate surface area is 112 Å². The van der Waals surface area contributed by atoms with Crippen LogP contribution >= 0.6 is 11.6 Å². The molecule has 1 unspecified atom stereocenters. The molecule has 0 radical (unpaired) electrons. The fraction of sp³-hybridized carbons (Fsp3) is 0.267. The molecule has 2 aromatic rings. The minimum atomic E-state index is -0.549. The lowest BCUT2D eigenvalue weighted by Crippen LogP contribution is -2.02. The van der Waals surface area contributed by atoms with E-state index >= 15 is 0 Å². The molecule has 2 rings (SSSR count). The third-order valence-corrected chi connectivity index (χ3v) is 3.34. The normalized spacial score (nSPS) is 12.4. The molecular weight excluding hydrogens is 246 g/mol. The number of aliphatic hydroxyl groups excluding tert-OH is 1. The molecule has 1 heterocycles. The topological polar surface area (TPSA) is 33.1 Å². The average molecular weight is 262 g/mol. The lowest BCUT2D eigenvalue weighted by Gasteiger charge is -2.12. The van der Waals surface area contributed by atoms with Gasteiger partial charge in [0.2, 0.25) is 0 Å². The molecule has 94 valence electrons. The summed E-state index contributed by atoms with van der Waals surface area (Å²) < 4.78 is 0. The van der Waals surface area contributed by atoms with Gasteiger partial charge in [-0.2, -0.15) is 0 Å². The van der Waals surface area contributed by atoms with Crippen LogP contribution in [0.3, 0.4) is 0 Å². The van der Waals surface area contributed by atoms with Crippen molar-refractivity contribution in [3.63, 3.8) is 0 Å². The highest BCUT2D eigenvalue weighted by atomic mass is 35.5. The number of aromatic nitrogens is 1. The van der Waals surface area contributed by atoms with E-state index in [9.17, 15) is 5.11 Å². The average Bonchev–Trinajstić information content (AvgIpc) is 2.34. The predicted molar refractivity (Wildman–Crippen MR) is 73.8 cm³/mol. The first kappa shape index (κ1) is 13.1. The third-order valence-electron chi connectivity index (χ3n) is 3.14. The van der Waals surface area contributed by atoms with Crippen molar-refractivity contribution in [3.05, 3.63) is 63.9 Å². The summed E-state index contributed by atoms with van der Waals surface area (Å²) in [6, 6.07) is 9.73. The Bertz CT molecular complexity index is 554. The second-order valence-electron chi connectivity index (χ2n) is 4.55. The summed E-state index contributed by atoms with van der Waals surface area (Å²) in [5.74, 6) is 0. The first-order valence-electron chi connectivity index (χ1n) is 5.92. The minimum absolute atomic E-state index is 0.409. The Morgan fingerprint density at radius 2 is 1.94 bits per heavy atom. The van der Waals surface area contributed by atoms with Crippen molar-refractivity contribution in [3.8, 4) is 0 Å². The van der Waals surface area contributed by atoms with Crippen LogP contribution in [-0.4, -0.2) is 10.1 Å². The number of aliphatic hydroxyl groups is 1. The largest absolute Gasteiger partial charge is 0.388 e. The molecule has 0 saturated carbocycles. The van der Waals surface area contributed by atoms with Crippen LogP contribution in [0.5, 0.6) is 0 Å². The van der Waals surface area contributed by atoms with Gasteiger partial charge in [0.25, 0.3) is 0 Å². The van der Waals surface area contributed by atoms with Gasteiger partial charge in [0, 0.05) is 12.6 Å². The van der Waals surface area contributed by atoms with E-state index in [1.807, 2.05) is 6.07 Å². The highest BCUT2D eigenvalue weighted by Crippen LogP contribution is 2.21. The fourth-order valence-corrected chi connectivity index (χ4v) is 2.08. The first-order chi connectivity index (χ1) is 8.56. The summed E-state index contributed by atoms with van der Waals surface area (Å²) in [6.07, 6.45) is 1.65. The van der Waals surface area contributed by atoms with Crippen molar-refractivity contribution < 1.29 is 5.11 Å². The van der Waals surface area contributed by atoms with E-state index in [-0.39, 0.29) is 0 Å². The molecule has 0 fully saturated rings. The van der Waals surface area contributed by atoms with Gasteiger partial charge in [0.05, 0.1) is 6.10 Å². The molecule has 1 atom stereocenters. The standard InChI is InChI=1S/C15H16ClNO/c1-10-3-4-12(7-11(10)2)8-14(18)13-5-6-17-15(16)9-13/h3-7,9,14,18H,8H2,1-2H3. The van der Waals surface area contributed by atoms with Crippen LogP contribution in [0, 0.1) is 13.8 Å². The second-order valence-corrected chi connectivity index (χ2v) is 4.94. The van der Waals surface area contributed by atoms with Crippen LogP contribution in [0.15, 0.2) is 36.5 Å². The molecule has 3 heteroatoms. The van der Waals surface area contributed by atoms with Gasteiger partial charge in [-0.15, -0.1) is 0 Å². The Hall–Kier alpha value is -1.38. The SMILES string of the molecule is Cc1ccc(CC(O)c2ccnc(Cl)c2)cc1C. The number of aryl methyl sites for hydroxylation is 2. The van der Waals surface area contributed by atoms with Gasteiger partial charge in [0.15, 0.2) is 0 Å². The number of pyridine rings is 1. The van der Waals surface area contributed by atoms with Crippen LogP contribution < -0.4 is 0 Å². The van der Waals surface area contributed by atoms with Crippen LogP contribution in [-0.2, 0) is 6.42 Å². The summed E-state index contributed by atoms with van der Waals surface area (Å²) in [5, 5.41) is 10.6. The van der Waals surface area contributed by atoms with Gasteiger partial charge in [-0.25, -0.2) is 4.98 Å². The number of hydrogen-bond acceptors (Lipinski definition) is 2. The van der Waals surface area contributed by atoms with Crippen molar-refractivity contribution in [1.82, 2.24) is 4.98 Å². The molecule has 1 aromatic heterocycles. The van der Waals surface area contributed by atoms with Crippen LogP contribution in [0.1, 0.15) is 28.4 Å². The number of rotatable bonds is 3. The predicted octanol–water partition coefficient (Wildman–Crippen LogP) is 3.63. The van der Waals surface area contributed by atoms with E-state index < -0.39 is 6.10 Å². The summed E-state index contributed by atoms with van der Waals surface area (Å²) in [4.78, 5) is 3.91. The Kier molecular flexibility index (Phi) is 4.00. The van der Waals surface area contributed by atoms with Crippen LogP contribution in [0.4, 0.5) is 0 Å². The van der Waals surface area contributed by atoms with E-state index in [4.69, 9.17) is 11.6 Å². The quantitative estimate of drug-likeness (QED) is 0.856. The molecule has 18 heavy (non-hydrogen) atoms. The Balaban J connectivity index is 2.16. The maximum absolute atomic E-state index is 10.2. The first-order valence-corrected chi connectivity index (χ1v) is 6.29. The van der Waals surface area contributed by atoms with Crippen molar-refractivity contribution in [2.24, 2.45) is 0 Å². The second kappa shape index (κ2) is 5.51. The molecule has 1 N–H and O–H groups in total. The van der Waals surface area contributed by atoms with Crippen molar-refractivity contribution >= 4 is 11.6 Å². The lowest BCUT2D eigenvalue weighted by atomic mass is 9.99. The maximum Gasteiger partial charge on any atom is 0.129 e. The van der Waals surface area contributed by atoms with Crippen LogP contribution in [0.2, 0.25) is 5.15 Å². The molecule has 0 aliphatic carbocycles. The molecule has 0 amide bonds. The van der Waals surface area contributed by atoms with E-state index in [0.29, 0.717) is 11.6 Å². The monoisotopic (exact) mass is 261 g/mol. The van der Waals surface area contributed by atoms with Gasteiger partial charge >= 0.3 is 0 Å². The highest BCUT2D eigenvalue weighted by molar-refractivity contribution is 6.29. The molecule has 0 aliphatic rings. The molecule has 2 nitrogen and oxygen atoms in total. The minimum Gasteiger partial charge on any atom is -0.388 e. The van der Waals surface area contributed by atoms with Crippen molar-refractivity contribution in [2.75, 3.05) is 0 Å². The zero-order valence-electron chi connectivity index (χ0n) is 10.5. The van der Waals surface area contributed by atoms with Crippen molar-refractivity contribution in [1.29, 1.82) is 0 Å². The van der Waals surface area contributed by atoms with Gasteiger partial charge in [-0.05, 0) is 48.2 Å². The summed E-state index contributed by atoms with van der Waals surface area (Å²) >= 11 is 5.82. The van der Waals surface area contributed by atoms with Gasteiger partial charge in [-0.1, -0.05) is 29.8 Å². The third kappa shape index (κ3) is 3.09. The van der Waals surface area contributed by atoms with Gasteiger partial charge < -0.3 is 5.11 Å². The van der Waals surface area contributed by atoms with Crippen LogP contribution in [0.25, 0.3) is 0 Å². The fourth-order valence-electron chi connectivity index (χ4n) is 1.90. The molecule has 0 saturated heterocycles. The van der Waals surface area contributed by atoms with Crippen molar-refractivity contribution in [2.45, 2.75) is 26.4 Å². The maximum atomic E-state index is 10.2. The zero-order chi connectivity index (χ0) is 13.1. The Morgan fingerprint density at radius 3 is 2.61 bits per heavy atom. The van der Waals surface area contributed by atoms with Gasteiger partial charge in [-0.3, -0.25) is 0 Å². The van der Waals surface area contributed by atoms with E-state index in [2.05, 4.69) is 31.0 Å². The zero-order valence-corrected chi connectivity index (χ0v) is 11.3. The molecule has 0 aliphatic heterocycles. The summed E-state index contributed by atoms with van der Waals surface area (Å²) in [7, 11) is 0. The summed E-state index contributed by atoms with van der Waals surface area (Å²) in [5.41, 5.74) is 4.43.